The zero-order valence-electron chi connectivity index (χ0n) is 13.2. The SMILES string of the molecule is CN(CCO)C1C(O)c2ccc3c(c2OC1(C)C)OCCO3. The van der Waals surface area contributed by atoms with E-state index in [1.165, 1.54) is 0 Å². The van der Waals surface area contributed by atoms with E-state index in [0.29, 0.717) is 42.6 Å². The molecule has 0 saturated carbocycles. The van der Waals surface area contributed by atoms with Crippen molar-refractivity contribution < 1.29 is 24.4 Å². The van der Waals surface area contributed by atoms with E-state index >= 15 is 0 Å². The maximum Gasteiger partial charge on any atom is 0.204 e. The highest BCUT2D eigenvalue weighted by molar-refractivity contribution is 5.58. The van der Waals surface area contributed by atoms with Crippen LogP contribution in [0.25, 0.3) is 0 Å². The lowest BCUT2D eigenvalue weighted by atomic mass is 9.85. The molecule has 3 rings (SSSR count). The van der Waals surface area contributed by atoms with Gasteiger partial charge in [0.25, 0.3) is 0 Å². The molecule has 122 valence electrons. The predicted octanol–water partition coefficient (Wildman–Crippen LogP) is 0.955. The Kier molecular flexibility index (Phi) is 3.92. The van der Waals surface area contributed by atoms with Crippen molar-refractivity contribution >= 4 is 0 Å². The second-order valence-corrected chi connectivity index (χ2v) is 6.31. The van der Waals surface area contributed by atoms with Crippen molar-refractivity contribution in [2.24, 2.45) is 0 Å². The Morgan fingerprint density at radius 1 is 1.23 bits per heavy atom. The molecule has 2 aliphatic rings. The first-order valence-electron chi connectivity index (χ1n) is 7.56. The van der Waals surface area contributed by atoms with E-state index < -0.39 is 11.7 Å². The zero-order chi connectivity index (χ0) is 15.9. The molecule has 2 N–H and O–H groups in total. The molecule has 0 aromatic heterocycles. The highest BCUT2D eigenvalue weighted by atomic mass is 16.6. The first-order chi connectivity index (χ1) is 10.5. The summed E-state index contributed by atoms with van der Waals surface area (Å²) in [5.74, 6) is 1.78. The molecule has 1 aromatic carbocycles. The number of aliphatic hydroxyl groups excluding tert-OH is 2. The van der Waals surface area contributed by atoms with E-state index in [1.807, 2.05) is 31.9 Å². The minimum absolute atomic E-state index is 0.0315. The quantitative estimate of drug-likeness (QED) is 0.866. The van der Waals surface area contributed by atoms with Gasteiger partial charge in [0.15, 0.2) is 11.5 Å². The van der Waals surface area contributed by atoms with Crippen LogP contribution in [0.5, 0.6) is 17.2 Å². The van der Waals surface area contributed by atoms with Gasteiger partial charge in [0.2, 0.25) is 5.75 Å². The summed E-state index contributed by atoms with van der Waals surface area (Å²) in [4.78, 5) is 1.92. The predicted molar refractivity (Wildman–Crippen MR) is 80.6 cm³/mol. The summed E-state index contributed by atoms with van der Waals surface area (Å²) in [6, 6.07) is 3.36. The molecule has 0 spiro atoms. The summed E-state index contributed by atoms with van der Waals surface area (Å²) in [5.41, 5.74) is 0.0603. The molecule has 2 heterocycles. The first-order valence-corrected chi connectivity index (χ1v) is 7.56. The maximum atomic E-state index is 10.9. The number of aliphatic hydroxyl groups is 2. The van der Waals surface area contributed by atoms with Crippen molar-refractivity contribution in [2.45, 2.75) is 31.6 Å². The summed E-state index contributed by atoms with van der Waals surface area (Å²) in [6.45, 7) is 5.34. The van der Waals surface area contributed by atoms with Crippen molar-refractivity contribution in [1.82, 2.24) is 4.90 Å². The number of ether oxygens (including phenoxy) is 3. The number of benzene rings is 1. The Bertz CT molecular complexity index is 560. The van der Waals surface area contributed by atoms with Crippen molar-refractivity contribution in [3.63, 3.8) is 0 Å². The van der Waals surface area contributed by atoms with Gasteiger partial charge in [-0.25, -0.2) is 0 Å². The summed E-state index contributed by atoms with van der Waals surface area (Å²) >= 11 is 0. The number of likely N-dealkylation sites (N-methyl/N-ethyl adjacent to an activating group) is 1. The second-order valence-electron chi connectivity index (χ2n) is 6.31. The molecule has 0 aliphatic carbocycles. The van der Waals surface area contributed by atoms with Gasteiger partial charge in [-0.1, -0.05) is 0 Å². The molecule has 2 atom stereocenters. The van der Waals surface area contributed by atoms with Crippen LogP contribution in [-0.2, 0) is 0 Å². The molecular formula is C16H23NO5. The van der Waals surface area contributed by atoms with E-state index in [9.17, 15) is 10.2 Å². The van der Waals surface area contributed by atoms with Gasteiger partial charge in [-0.05, 0) is 33.0 Å². The normalized spacial score (nSPS) is 25.5. The van der Waals surface area contributed by atoms with Crippen molar-refractivity contribution in [3.8, 4) is 17.2 Å². The first kappa shape index (κ1) is 15.4. The number of hydrogen-bond donors (Lipinski definition) is 2. The van der Waals surface area contributed by atoms with Gasteiger partial charge in [-0.3, -0.25) is 4.90 Å². The smallest absolute Gasteiger partial charge is 0.204 e. The minimum Gasteiger partial charge on any atom is -0.486 e. The molecule has 1 aromatic rings. The van der Waals surface area contributed by atoms with Crippen molar-refractivity contribution in [2.75, 3.05) is 33.4 Å². The molecular weight excluding hydrogens is 286 g/mol. The van der Waals surface area contributed by atoms with E-state index in [-0.39, 0.29) is 12.6 Å². The molecule has 0 saturated heterocycles. The minimum atomic E-state index is -0.730. The molecule has 0 fully saturated rings. The fourth-order valence-corrected chi connectivity index (χ4v) is 3.39. The Balaban J connectivity index is 2.03. The molecule has 6 heteroatoms. The van der Waals surface area contributed by atoms with Crippen LogP contribution in [0.15, 0.2) is 12.1 Å². The summed E-state index contributed by atoms with van der Waals surface area (Å²) in [5, 5.41) is 20.0. The number of fused-ring (bicyclic) bond motifs is 3. The Labute approximate surface area is 130 Å². The van der Waals surface area contributed by atoms with Gasteiger partial charge in [0, 0.05) is 12.1 Å². The van der Waals surface area contributed by atoms with Crippen LogP contribution in [0.3, 0.4) is 0 Å². The van der Waals surface area contributed by atoms with Gasteiger partial charge < -0.3 is 24.4 Å². The number of rotatable bonds is 3. The lowest BCUT2D eigenvalue weighted by Gasteiger charge is -2.47. The van der Waals surface area contributed by atoms with Gasteiger partial charge in [-0.2, -0.15) is 0 Å². The lowest BCUT2D eigenvalue weighted by Crippen LogP contribution is -2.57. The Morgan fingerprint density at radius 3 is 2.68 bits per heavy atom. The van der Waals surface area contributed by atoms with E-state index in [2.05, 4.69) is 0 Å². The van der Waals surface area contributed by atoms with Crippen LogP contribution in [0, 0.1) is 0 Å². The molecule has 0 radical (unpaired) electrons. The average molecular weight is 309 g/mol. The topological polar surface area (TPSA) is 71.4 Å². The Hall–Kier alpha value is -1.50. The second kappa shape index (κ2) is 5.61. The largest absolute Gasteiger partial charge is 0.486 e. The van der Waals surface area contributed by atoms with Gasteiger partial charge in [-0.15, -0.1) is 0 Å². The molecule has 0 amide bonds. The lowest BCUT2D eigenvalue weighted by molar-refractivity contribution is -0.0791. The highest BCUT2D eigenvalue weighted by Crippen LogP contribution is 2.50. The van der Waals surface area contributed by atoms with Gasteiger partial charge >= 0.3 is 0 Å². The van der Waals surface area contributed by atoms with Crippen LogP contribution in [0.2, 0.25) is 0 Å². The molecule has 6 nitrogen and oxygen atoms in total. The average Bonchev–Trinajstić information content (AvgIpc) is 2.46. The number of nitrogens with zero attached hydrogens (tertiary/aromatic N) is 1. The van der Waals surface area contributed by atoms with Crippen molar-refractivity contribution in [1.29, 1.82) is 0 Å². The van der Waals surface area contributed by atoms with Gasteiger partial charge in [0.05, 0.1) is 12.6 Å². The third-order valence-corrected chi connectivity index (χ3v) is 4.32. The van der Waals surface area contributed by atoms with Crippen LogP contribution in [0.1, 0.15) is 25.5 Å². The number of hydrogen-bond acceptors (Lipinski definition) is 6. The Morgan fingerprint density at radius 2 is 1.95 bits per heavy atom. The third kappa shape index (κ3) is 2.41. The third-order valence-electron chi connectivity index (χ3n) is 4.32. The van der Waals surface area contributed by atoms with Crippen LogP contribution < -0.4 is 14.2 Å². The monoisotopic (exact) mass is 309 g/mol. The fourth-order valence-electron chi connectivity index (χ4n) is 3.39. The van der Waals surface area contributed by atoms with Gasteiger partial charge in [0.1, 0.15) is 24.9 Å². The highest BCUT2D eigenvalue weighted by Gasteiger charge is 2.47. The van der Waals surface area contributed by atoms with Crippen LogP contribution in [-0.4, -0.2) is 60.2 Å². The maximum absolute atomic E-state index is 10.9. The zero-order valence-corrected chi connectivity index (χ0v) is 13.2. The molecule has 2 unspecified atom stereocenters. The van der Waals surface area contributed by atoms with Crippen LogP contribution in [0.4, 0.5) is 0 Å². The summed E-state index contributed by atoms with van der Waals surface area (Å²) in [6.07, 6.45) is -0.730. The van der Waals surface area contributed by atoms with Crippen LogP contribution >= 0.6 is 0 Å². The van der Waals surface area contributed by atoms with E-state index in [1.54, 1.807) is 6.07 Å². The molecule has 0 bridgehead atoms. The van der Waals surface area contributed by atoms with E-state index in [0.717, 1.165) is 0 Å². The summed E-state index contributed by atoms with van der Waals surface area (Å²) < 4.78 is 17.4. The van der Waals surface area contributed by atoms with E-state index in [4.69, 9.17) is 14.2 Å². The molecule has 2 aliphatic heterocycles. The molecule has 22 heavy (non-hydrogen) atoms. The van der Waals surface area contributed by atoms with Crippen molar-refractivity contribution in [3.05, 3.63) is 17.7 Å². The standard InChI is InChI=1S/C16H23NO5/c1-16(2)15(17(3)6-7-18)12(19)10-4-5-11-14(13(10)22-16)21-9-8-20-11/h4-5,12,15,18-19H,6-9H2,1-3H3. The summed E-state index contributed by atoms with van der Waals surface area (Å²) in [7, 11) is 1.87. The fraction of sp³-hybridized carbons (Fsp3) is 0.625.